The van der Waals surface area contributed by atoms with E-state index in [1.54, 1.807) is 10.9 Å². The molecule has 7 nitrogen and oxygen atoms in total. The van der Waals surface area contributed by atoms with Crippen molar-refractivity contribution in [1.29, 1.82) is 0 Å². The van der Waals surface area contributed by atoms with E-state index in [4.69, 9.17) is 11.2 Å². The van der Waals surface area contributed by atoms with Gasteiger partial charge in [0.25, 0.3) is 0 Å². The Balaban J connectivity index is 1.57. The average Bonchev–Trinajstić information content (AvgIpc) is 3.30. The fraction of sp³-hybridized carbons (Fsp3) is 0.368. The lowest BCUT2D eigenvalue weighted by molar-refractivity contribution is -0.116. The third kappa shape index (κ3) is 5.14. The molecule has 0 atom stereocenters. The molecule has 1 amide bonds. The average molecular weight is 369 g/mol. The number of carbonyl (C=O) groups is 1. The smallest absolute Gasteiger partial charge is 0.224 e. The van der Waals surface area contributed by atoms with Crippen molar-refractivity contribution >= 4 is 11.6 Å². The fourth-order valence-electron chi connectivity index (χ4n) is 2.63. The molecule has 0 bridgehead atoms. The fourth-order valence-corrected chi connectivity index (χ4v) is 2.63. The molecule has 0 saturated heterocycles. The normalized spacial score (nSPS) is 13.8. The van der Waals surface area contributed by atoms with Gasteiger partial charge in [0.05, 0.1) is 11.9 Å². The second-order valence-electron chi connectivity index (χ2n) is 6.39. The van der Waals surface area contributed by atoms with Crippen LogP contribution in [-0.4, -0.2) is 21.4 Å². The molecule has 0 spiro atoms. The van der Waals surface area contributed by atoms with Crippen molar-refractivity contribution in [3.8, 4) is 18.1 Å². The quantitative estimate of drug-likeness (QED) is 0.688. The molecule has 1 N–H and O–H groups in total. The van der Waals surface area contributed by atoms with Gasteiger partial charge in [0.2, 0.25) is 5.91 Å². The zero-order valence-corrected chi connectivity index (χ0v) is 15.0. The number of ether oxygens (including phenoxy) is 1. The van der Waals surface area contributed by atoms with Crippen molar-refractivity contribution in [1.82, 2.24) is 9.78 Å². The minimum absolute atomic E-state index is 0.204. The Morgan fingerprint density at radius 3 is 2.89 bits per heavy atom. The van der Waals surface area contributed by atoms with E-state index >= 15 is 0 Å². The lowest BCUT2D eigenvalue weighted by Crippen LogP contribution is -2.18. The molecular weight excluding hydrogens is 349 g/mol. The summed E-state index contributed by atoms with van der Waals surface area (Å²) in [5.41, 5.74) is 0.628. The molecule has 0 unspecified atom stereocenters. The molecule has 1 aliphatic rings. The van der Waals surface area contributed by atoms with Crippen LogP contribution >= 0.6 is 0 Å². The second-order valence-corrected chi connectivity index (χ2v) is 6.39. The molecule has 3 rings (SSSR count). The van der Waals surface area contributed by atoms with E-state index in [0.717, 1.165) is 5.56 Å². The Morgan fingerprint density at radius 1 is 1.41 bits per heavy atom. The second kappa shape index (κ2) is 7.99. The standard InChI is InChI=1S/C19H20FN5O2/c1-3-4-8-19(23-24-19)9-7-18(26)22-16-10-15(20)5-6-17(16)27-13-14-11-21-25(2)12-14/h1,5-6,10-12H,4,7-9,13H2,2H3,(H,22,26). The highest BCUT2D eigenvalue weighted by Gasteiger charge is 2.39. The first kappa shape index (κ1) is 18.6. The number of aryl methyl sites for hydroxylation is 1. The van der Waals surface area contributed by atoms with E-state index in [0.29, 0.717) is 25.0 Å². The largest absolute Gasteiger partial charge is 0.487 e. The Kier molecular flexibility index (Phi) is 5.50. The van der Waals surface area contributed by atoms with Crippen molar-refractivity contribution in [3.63, 3.8) is 0 Å². The number of carbonyl (C=O) groups excluding carboxylic acids is 1. The summed E-state index contributed by atoms with van der Waals surface area (Å²) in [6.45, 7) is 0.259. The molecule has 2 aromatic rings. The van der Waals surface area contributed by atoms with Crippen LogP contribution < -0.4 is 10.1 Å². The minimum Gasteiger partial charge on any atom is -0.487 e. The van der Waals surface area contributed by atoms with E-state index in [9.17, 15) is 9.18 Å². The molecule has 8 heteroatoms. The first-order chi connectivity index (χ1) is 13.0. The maximum Gasteiger partial charge on any atom is 0.224 e. The topological polar surface area (TPSA) is 80.9 Å². The van der Waals surface area contributed by atoms with E-state index in [2.05, 4.69) is 26.6 Å². The Labute approximate surface area is 156 Å². The third-order valence-electron chi connectivity index (χ3n) is 4.17. The van der Waals surface area contributed by atoms with Crippen molar-refractivity contribution in [2.75, 3.05) is 5.32 Å². The molecular formula is C19H20FN5O2. The molecule has 140 valence electrons. The van der Waals surface area contributed by atoms with Crippen LogP contribution in [0.3, 0.4) is 0 Å². The van der Waals surface area contributed by atoms with E-state index < -0.39 is 11.5 Å². The van der Waals surface area contributed by atoms with Gasteiger partial charge in [0.15, 0.2) is 5.66 Å². The van der Waals surface area contributed by atoms with Gasteiger partial charge in [-0.05, 0) is 12.1 Å². The molecule has 1 aliphatic heterocycles. The predicted octanol–water partition coefficient (Wildman–Crippen LogP) is 3.43. The van der Waals surface area contributed by atoms with Gasteiger partial charge in [0, 0.05) is 50.6 Å². The monoisotopic (exact) mass is 369 g/mol. The van der Waals surface area contributed by atoms with Crippen LogP contribution in [-0.2, 0) is 18.4 Å². The number of rotatable bonds is 9. The number of hydrogen-bond donors (Lipinski definition) is 1. The van der Waals surface area contributed by atoms with Gasteiger partial charge >= 0.3 is 0 Å². The van der Waals surface area contributed by atoms with Gasteiger partial charge < -0.3 is 10.1 Å². The molecule has 0 radical (unpaired) electrons. The predicted molar refractivity (Wildman–Crippen MR) is 97.5 cm³/mol. The van der Waals surface area contributed by atoms with E-state index in [-0.39, 0.29) is 24.6 Å². The summed E-state index contributed by atoms with van der Waals surface area (Å²) >= 11 is 0. The molecule has 0 aliphatic carbocycles. The zero-order valence-electron chi connectivity index (χ0n) is 15.0. The molecule has 2 heterocycles. The number of nitrogens with zero attached hydrogens (tertiary/aromatic N) is 4. The van der Waals surface area contributed by atoms with Crippen molar-refractivity contribution < 1.29 is 13.9 Å². The number of amides is 1. The first-order valence-electron chi connectivity index (χ1n) is 8.57. The first-order valence-corrected chi connectivity index (χ1v) is 8.57. The number of halogens is 1. The maximum absolute atomic E-state index is 13.6. The van der Waals surface area contributed by atoms with Crippen molar-refractivity contribution in [2.45, 2.75) is 38.0 Å². The molecule has 0 saturated carbocycles. The number of aromatic nitrogens is 2. The van der Waals surface area contributed by atoms with Crippen molar-refractivity contribution in [3.05, 3.63) is 42.0 Å². The van der Waals surface area contributed by atoms with E-state index in [1.807, 2.05) is 13.2 Å². The summed E-state index contributed by atoms with van der Waals surface area (Å²) in [4.78, 5) is 12.3. The highest BCUT2D eigenvalue weighted by molar-refractivity contribution is 5.92. The summed E-state index contributed by atoms with van der Waals surface area (Å²) < 4.78 is 21.0. The SMILES string of the molecule is C#CCCC1(CCC(=O)Nc2cc(F)ccc2OCc2cnn(C)c2)N=N1. The van der Waals surface area contributed by atoms with Crippen LogP contribution in [0.25, 0.3) is 0 Å². The zero-order chi connectivity index (χ0) is 19.3. The maximum atomic E-state index is 13.6. The van der Waals surface area contributed by atoms with Gasteiger partial charge in [-0.1, -0.05) is 0 Å². The highest BCUT2D eigenvalue weighted by Crippen LogP contribution is 2.37. The van der Waals surface area contributed by atoms with Gasteiger partial charge in [0.1, 0.15) is 18.2 Å². The number of hydrogen-bond acceptors (Lipinski definition) is 5. The number of anilines is 1. The van der Waals surface area contributed by atoms with Gasteiger partial charge in [-0.15, -0.1) is 12.3 Å². The third-order valence-corrected chi connectivity index (χ3v) is 4.17. The molecule has 0 fully saturated rings. The molecule has 1 aromatic carbocycles. The highest BCUT2D eigenvalue weighted by atomic mass is 19.1. The number of terminal acetylenes is 1. The Bertz CT molecular complexity index is 894. The van der Waals surface area contributed by atoms with Crippen molar-refractivity contribution in [2.24, 2.45) is 17.3 Å². The van der Waals surface area contributed by atoms with Crippen LogP contribution in [0.4, 0.5) is 10.1 Å². The molecule has 1 aromatic heterocycles. The summed E-state index contributed by atoms with van der Waals surface area (Å²) in [5.74, 6) is 2.21. The summed E-state index contributed by atoms with van der Waals surface area (Å²) in [6, 6.07) is 4.00. The lowest BCUT2D eigenvalue weighted by atomic mass is 10.0. The van der Waals surface area contributed by atoms with Crippen LogP contribution in [0.2, 0.25) is 0 Å². The summed E-state index contributed by atoms with van der Waals surface area (Å²) in [6.07, 6.45) is 10.6. The van der Waals surface area contributed by atoms with Crippen LogP contribution in [0.15, 0.2) is 40.8 Å². The number of benzene rings is 1. The summed E-state index contributed by atoms with van der Waals surface area (Å²) in [5, 5.41) is 14.8. The van der Waals surface area contributed by atoms with Gasteiger partial charge in [-0.25, -0.2) is 4.39 Å². The Hall–Kier alpha value is -3.21. The molecule has 27 heavy (non-hydrogen) atoms. The summed E-state index contributed by atoms with van der Waals surface area (Å²) in [7, 11) is 1.81. The van der Waals surface area contributed by atoms with Gasteiger partial charge in [-0.3, -0.25) is 9.48 Å². The Morgan fingerprint density at radius 2 is 2.22 bits per heavy atom. The van der Waals surface area contributed by atoms with Crippen LogP contribution in [0, 0.1) is 18.2 Å². The van der Waals surface area contributed by atoms with Gasteiger partial charge in [-0.2, -0.15) is 15.3 Å². The van der Waals surface area contributed by atoms with Crippen LogP contribution in [0.5, 0.6) is 5.75 Å². The number of nitrogens with one attached hydrogen (secondary N) is 1. The lowest BCUT2D eigenvalue weighted by Gasteiger charge is -2.13. The van der Waals surface area contributed by atoms with Crippen LogP contribution in [0.1, 0.15) is 31.2 Å². The van der Waals surface area contributed by atoms with E-state index in [1.165, 1.54) is 18.2 Å². The minimum atomic E-state index is -0.523.